The van der Waals surface area contributed by atoms with Crippen molar-refractivity contribution in [2.45, 2.75) is 19.4 Å². The van der Waals surface area contributed by atoms with Crippen LogP contribution in [-0.2, 0) is 22.6 Å². The van der Waals surface area contributed by atoms with E-state index in [0.717, 1.165) is 9.13 Å². The number of nitrogens with zero attached hydrogens (tertiary/aromatic N) is 3. The normalized spacial score (nSPS) is 12.2. The van der Waals surface area contributed by atoms with Gasteiger partial charge < -0.3 is 25.0 Å². The van der Waals surface area contributed by atoms with Crippen LogP contribution < -0.4 is 14.8 Å². The number of hydrogen-bond donors (Lipinski definition) is 3. The number of carboxylic acid groups (broad SMARTS) is 1. The monoisotopic (exact) mass is 640 g/mol. The molecule has 0 fully saturated rings. The molecule has 1 aliphatic heterocycles. The van der Waals surface area contributed by atoms with E-state index in [4.69, 9.17) is 9.47 Å². The molecule has 5 rings (SSSR count). The largest absolute Gasteiger partial charge is 0.493 e. The van der Waals surface area contributed by atoms with Crippen molar-refractivity contribution < 1.29 is 34.1 Å². The minimum absolute atomic E-state index is 0.00413. The predicted octanol–water partition coefficient (Wildman–Crippen LogP) is 5.26. The Balaban J connectivity index is 1.23. The van der Waals surface area contributed by atoms with Crippen molar-refractivity contribution in [1.82, 2.24) is 4.57 Å². The fourth-order valence-corrected chi connectivity index (χ4v) is 4.61. The lowest BCUT2D eigenvalue weighted by Crippen LogP contribution is -2.12. The molecule has 4 aromatic rings. The van der Waals surface area contributed by atoms with E-state index < -0.39 is 24.3 Å². The maximum atomic E-state index is 12.6. The molecule has 3 N–H and O–H groups in total. The van der Waals surface area contributed by atoms with E-state index in [1.54, 1.807) is 30.3 Å². The molecule has 0 unspecified atom stereocenters. The van der Waals surface area contributed by atoms with Gasteiger partial charge in [0.1, 0.15) is 6.54 Å². The minimum Gasteiger partial charge on any atom is -0.493 e. The maximum absolute atomic E-state index is 12.6. The van der Waals surface area contributed by atoms with Crippen LogP contribution in [0.3, 0.4) is 0 Å². The van der Waals surface area contributed by atoms with Crippen molar-refractivity contribution in [2.75, 3.05) is 12.1 Å². The summed E-state index contributed by atoms with van der Waals surface area (Å²) in [4.78, 5) is 36.3. The number of halogens is 1. The number of aromatic hydroxyl groups is 1. The van der Waals surface area contributed by atoms with E-state index in [1.165, 1.54) is 16.7 Å². The first kappa shape index (κ1) is 26.2. The molecule has 0 aliphatic carbocycles. The van der Waals surface area contributed by atoms with Gasteiger partial charge in [-0.05, 0) is 89.2 Å². The van der Waals surface area contributed by atoms with Crippen LogP contribution in [0.15, 0.2) is 70.9 Å². The van der Waals surface area contributed by atoms with Gasteiger partial charge in [0, 0.05) is 26.6 Å². The summed E-state index contributed by atoms with van der Waals surface area (Å²) in [6.45, 7) is -0.283. The number of azo groups is 1. The second-order valence-electron chi connectivity index (χ2n) is 8.63. The number of aromatic nitrogens is 1. The number of nitrogens with one attached hydrogen (secondary N) is 1. The Morgan fingerprint density at radius 1 is 1.00 bits per heavy atom. The third kappa shape index (κ3) is 5.85. The number of carbonyl (C=O) groups excluding carboxylic acids is 2. The first-order valence-corrected chi connectivity index (χ1v) is 12.8. The van der Waals surface area contributed by atoms with Gasteiger partial charge in [0.05, 0.1) is 5.52 Å². The summed E-state index contributed by atoms with van der Waals surface area (Å²) in [6, 6.07) is 16.9. The summed E-state index contributed by atoms with van der Waals surface area (Å²) < 4.78 is 12.7. The molecule has 0 bridgehead atoms. The molecule has 0 atom stereocenters. The van der Waals surface area contributed by atoms with Crippen molar-refractivity contribution in [2.24, 2.45) is 10.2 Å². The number of carbonyl (C=O) groups is 3. The molecule has 2 amide bonds. The lowest BCUT2D eigenvalue weighted by molar-refractivity contribution is -0.137. The lowest BCUT2D eigenvalue weighted by atomic mass is 10.1. The summed E-state index contributed by atoms with van der Waals surface area (Å²) in [6.07, 6.45) is 0.778. The van der Waals surface area contributed by atoms with E-state index >= 15 is 0 Å². The van der Waals surface area contributed by atoms with E-state index in [1.807, 2.05) is 18.2 Å². The molecular formula is C27H21IN4O7. The van der Waals surface area contributed by atoms with Crippen molar-refractivity contribution in [3.05, 3.63) is 75.4 Å². The smallest absolute Gasteiger partial charge is 0.323 e. The van der Waals surface area contributed by atoms with E-state index in [9.17, 15) is 24.6 Å². The summed E-state index contributed by atoms with van der Waals surface area (Å²) in [5.74, 6) is -1.03. The van der Waals surface area contributed by atoms with Gasteiger partial charge in [0.25, 0.3) is 5.91 Å². The highest BCUT2D eigenvalue weighted by atomic mass is 127. The molecule has 2 heterocycles. The van der Waals surface area contributed by atoms with Gasteiger partial charge in [-0.3, -0.25) is 19.0 Å². The Hall–Kier alpha value is -4.46. The van der Waals surface area contributed by atoms with Crippen LogP contribution in [-0.4, -0.2) is 39.4 Å². The van der Waals surface area contributed by atoms with Crippen molar-refractivity contribution in [3.8, 4) is 17.4 Å². The summed E-state index contributed by atoms with van der Waals surface area (Å²) in [5, 5.41) is 30.7. The molecule has 198 valence electrons. The molecule has 0 spiro atoms. The number of hydrogen-bond acceptors (Lipinski definition) is 7. The Kier molecular flexibility index (Phi) is 7.45. The highest BCUT2D eigenvalue weighted by Crippen LogP contribution is 2.39. The average Bonchev–Trinajstić information content (AvgIpc) is 3.48. The fraction of sp³-hybridized carbons (Fsp3) is 0.148. The number of amides is 2. The summed E-state index contributed by atoms with van der Waals surface area (Å²) >= 11 is 2.08. The van der Waals surface area contributed by atoms with Crippen molar-refractivity contribution in [3.63, 3.8) is 0 Å². The second-order valence-corrected chi connectivity index (χ2v) is 9.88. The summed E-state index contributed by atoms with van der Waals surface area (Å²) in [5.41, 5.74) is 2.15. The van der Waals surface area contributed by atoms with Crippen molar-refractivity contribution in [1.29, 1.82) is 0 Å². The number of benzene rings is 3. The fourth-order valence-electron chi connectivity index (χ4n) is 4.12. The zero-order valence-corrected chi connectivity index (χ0v) is 22.4. The lowest BCUT2D eigenvalue weighted by Gasteiger charge is -2.06. The van der Waals surface area contributed by atoms with Gasteiger partial charge in [-0.2, -0.15) is 0 Å². The van der Waals surface area contributed by atoms with Crippen LogP contribution in [0, 0.1) is 3.57 Å². The number of aryl methyl sites for hydroxylation is 1. The van der Waals surface area contributed by atoms with Gasteiger partial charge in [0.2, 0.25) is 18.6 Å². The molecule has 1 aliphatic rings. The van der Waals surface area contributed by atoms with Gasteiger partial charge in [-0.15, -0.1) is 10.2 Å². The van der Waals surface area contributed by atoms with Gasteiger partial charge in [0.15, 0.2) is 17.2 Å². The molecule has 1 aromatic heterocycles. The van der Waals surface area contributed by atoms with Crippen LogP contribution in [0.4, 0.5) is 11.4 Å². The van der Waals surface area contributed by atoms with Gasteiger partial charge >= 0.3 is 5.97 Å². The van der Waals surface area contributed by atoms with Crippen LogP contribution in [0.2, 0.25) is 0 Å². The SMILES string of the molecule is O=C(O)Cn1c(O)c(N=NC(=O)c2ccc(NC(=O)CCc3ccc4c(c3)OCO4)cc2)c2cc(I)ccc21. The standard InChI is InChI=1S/C27H21IN4O7/c28-17-5-8-20-19(12-17)25(27(37)32(20)13-24(34)35)30-31-26(36)16-3-6-18(7-4-16)29-23(33)10-2-15-1-9-21-22(11-15)39-14-38-21/h1,3-9,11-12,37H,2,10,13-14H2,(H,29,33)(H,34,35). The Morgan fingerprint density at radius 2 is 1.77 bits per heavy atom. The zero-order chi connectivity index (χ0) is 27.5. The predicted molar refractivity (Wildman–Crippen MR) is 149 cm³/mol. The Labute approximate surface area is 235 Å². The molecule has 0 saturated carbocycles. The van der Waals surface area contributed by atoms with Crippen LogP contribution >= 0.6 is 22.6 Å². The van der Waals surface area contributed by atoms with E-state index in [0.29, 0.717) is 34.5 Å². The first-order chi connectivity index (χ1) is 18.8. The molecule has 12 heteroatoms. The topological polar surface area (TPSA) is 152 Å². The average molecular weight is 640 g/mol. The Morgan fingerprint density at radius 3 is 2.54 bits per heavy atom. The number of fused-ring (bicyclic) bond motifs is 2. The highest BCUT2D eigenvalue weighted by Gasteiger charge is 2.19. The third-order valence-corrected chi connectivity index (χ3v) is 6.67. The highest BCUT2D eigenvalue weighted by molar-refractivity contribution is 14.1. The minimum atomic E-state index is -1.14. The molecule has 0 radical (unpaired) electrons. The van der Waals surface area contributed by atoms with Gasteiger partial charge in [-0.25, -0.2) is 0 Å². The number of carboxylic acids is 1. The van der Waals surface area contributed by atoms with Crippen molar-refractivity contribution >= 4 is 62.7 Å². The van der Waals surface area contributed by atoms with Crippen LogP contribution in [0.25, 0.3) is 10.9 Å². The summed E-state index contributed by atoms with van der Waals surface area (Å²) in [7, 11) is 0. The molecule has 0 saturated heterocycles. The maximum Gasteiger partial charge on any atom is 0.323 e. The molecular weight excluding hydrogens is 619 g/mol. The zero-order valence-electron chi connectivity index (χ0n) is 20.3. The second kappa shape index (κ2) is 11.1. The van der Waals surface area contributed by atoms with E-state index in [2.05, 4.69) is 38.1 Å². The number of rotatable bonds is 8. The van der Waals surface area contributed by atoms with Crippen LogP contribution in [0.5, 0.6) is 17.4 Å². The molecule has 11 nitrogen and oxygen atoms in total. The number of ether oxygens (including phenoxy) is 2. The molecule has 3 aromatic carbocycles. The molecule has 39 heavy (non-hydrogen) atoms. The Bertz CT molecular complexity index is 1630. The van der Waals surface area contributed by atoms with Crippen LogP contribution in [0.1, 0.15) is 22.3 Å². The number of anilines is 1. The van der Waals surface area contributed by atoms with Gasteiger partial charge in [-0.1, -0.05) is 6.07 Å². The first-order valence-electron chi connectivity index (χ1n) is 11.8. The number of aliphatic carboxylic acids is 1. The third-order valence-electron chi connectivity index (χ3n) is 6.00. The quantitative estimate of drug-likeness (QED) is 0.176. The van der Waals surface area contributed by atoms with E-state index in [-0.39, 0.29) is 30.4 Å².